The van der Waals surface area contributed by atoms with Crippen molar-refractivity contribution in [2.75, 3.05) is 27.2 Å². The molecule has 27 heavy (non-hydrogen) atoms. The van der Waals surface area contributed by atoms with Crippen LogP contribution in [0.15, 0.2) is 4.99 Å². The van der Waals surface area contributed by atoms with Gasteiger partial charge in [-0.3, -0.25) is 14.5 Å². The van der Waals surface area contributed by atoms with Crippen molar-refractivity contribution in [1.82, 2.24) is 25.3 Å². The molecule has 1 saturated heterocycles. The average Bonchev–Trinajstić information content (AvgIpc) is 2.97. The number of likely N-dealkylation sites (tertiary alicyclic amines) is 1. The molecule has 0 saturated carbocycles. The Morgan fingerprint density at radius 1 is 1.26 bits per heavy atom. The van der Waals surface area contributed by atoms with Crippen LogP contribution in [0.4, 0.5) is 0 Å². The highest BCUT2D eigenvalue weighted by Gasteiger charge is 2.23. The minimum atomic E-state index is 0. The van der Waals surface area contributed by atoms with Crippen LogP contribution in [-0.4, -0.2) is 53.7 Å². The number of nitrogens with one attached hydrogen (secondary N) is 2. The summed E-state index contributed by atoms with van der Waals surface area (Å²) in [5, 5.41) is 10.9. The summed E-state index contributed by atoms with van der Waals surface area (Å²) in [7, 11) is 5.56. The van der Waals surface area contributed by atoms with Crippen LogP contribution in [-0.2, 0) is 31.2 Å². The zero-order valence-corrected chi connectivity index (χ0v) is 19.7. The molecule has 1 amide bonds. The molecule has 1 aliphatic heterocycles. The second-order valence-electron chi connectivity index (χ2n) is 6.91. The molecular formula is C19H35IN6O. The SMILES string of the molecule is CCc1nn(C)c(CC)c1CNC(=NC)N1CCC(CC(=O)NC)CC1.I. The van der Waals surface area contributed by atoms with Crippen molar-refractivity contribution in [3.05, 3.63) is 17.0 Å². The molecule has 1 fully saturated rings. The monoisotopic (exact) mass is 490 g/mol. The molecule has 0 aromatic carbocycles. The quantitative estimate of drug-likeness (QED) is 0.364. The van der Waals surface area contributed by atoms with E-state index >= 15 is 0 Å². The molecule has 2 rings (SSSR count). The lowest BCUT2D eigenvalue weighted by molar-refractivity contribution is -0.121. The van der Waals surface area contributed by atoms with Gasteiger partial charge >= 0.3 is 0 Å². The van der Waals surface area contributed by atoms with Gasteiger partial charge in [0.05, 0.1) is 5.69 Å². The van der Waals surface area contributed by atoms with E-state index in [0.29, 0.717) is 12.3 Å². The Labute approximate surface area is 180 Å². The van der Waals surface area contributed by atoms with Crippen LogP contribution in [0.3, 0.4) is 0 Å². The Morgan fingerprint density at radius 3 is 2.44 bits per heavy atom. The van der Waals surface area contributed by atoms with Gasteiger partial charge in [-0.2, -0.15) is 5.10 Å². The predicted molar refractivity (Wildman–Crippen MR) is 121 cm³/mol. The number of halogens is 1. The maximum absolute atomic E-state index is 11.6. The number of carbonyl (C=O) groups is 1. The van der Waals surface area contributed by atoms with Gasteiger partial charge < -0.3 is 15.5 Å². The fraction of sp³-hybridized carbons (Fsp3) is 0.737. The zero-order valence-electron chi connectivity index (χ0n) is 17.3. The third-order valence-electron chi connectivity index (χ3n) is 5.33. The van der Waals surface area contributed by atoms with Gasteiger partial charge in [0.2, 0.25) is 5.91 Å². The van der Waals surface area contributed by atoms with E-state index in [4.69, 9.17) is 0 Å². The van der Waals surface area contributed by atoms with Crippen molar-refractivity contribution < 1.29 is 4.79 Å². The molecule has 1 aliphatic rings. The number of aromatic nitrogens is 2. The molecular weight excluding hydrogens is 455 g/mol. The molecule has 0 bridgehead atoms. The number of aliphatic imine (C=N–C) groups is 1. The molecule has 0 radical (unpaired) electrons. The van der Waals surface area contributed by atoms with Gasteiger partial charge in [-0.25, -0.2) is 0 Å². The van der Waals surface area contributed by atoms with E-state index in [1.54, 1.807) is 7.05 Å². The largest absolute Gasteiger partial charge is 0.359 e. The highest BCUT2D eigenvalue weighted by molar-refractivity contribution is 14.0. The van der Waals surface area contributed by atoms with Gasteiger partial charge in [-0.15, -0.1) is 24.0 Å². The van der Waals surface area contributed by atoms with E-state index in [-0.39, 0.29) is 29.9 Å². The van der Waals surface area contributed by atoms with Gasteiger partial charge in [-0.1, -0.05) is 13.8 Å². The van der Waals surface area contributed by atoms with Crippen molar-refractivity contribution in [1.29, 1.82) is 0 Å². The highest BCUT2D eigenvalue weighted by atomic mass is 127. The summed E-state index contributed by atoms with van der Waals surface area (Å²) in [6, 6.07) is 0. The maximum atomic E-state index is 11.6. The number of guanidine groups is 1. The van der Waals surface area contributed by atoms with E-state index in [9.17, 15) is 4.79 Å². The average molecular weight is 490 g/mol. The Morgan fingerprint density at radius 2 is 1.93 bits per heavy atom. The van der Waals surface area contributed by atoms with Gasteiger partial charge in [0, 0.05) is 58.5 Å². The number of hydrogen-bond acceptors (Lipinski definition) is 3. The van der Waals surface area contributed by atoms with Crippen LogP contribution in [0.1, 0.15) is 50.1 Å². The van der Waals surface area contributed by atoms with Crippen molar-refractivity contribution in [3.63, 3.8) is 0 Å². The molecule has 2 N–H and O–H groups in total. The Balaban J connectivity index is 0.00000364. The lowest BCUT2D eigenvalue weighted by Crippen LogP contribution is -2.45. The second kappa shape index (κ2) is 11.5. The molecule has 0 atom stereocenters. The minimum Gasteiger partial charge on any atom is -0.359 e. The molecule has 0 aliphatic carbocycles. The third kappa shape index (κ3) is 6.08. The number of hydrogen-bond donors (Lipinski definition) is 2. The lowest BCUT2D eigenvalue weighted by atomic mass is 9.93. The Bertz CT molecular complexity index is 634. The van der Waals surface area contributed by atoms with Crippen molar-refractivity contribution in [2.24, 2.45) is 18.0 Å². The van der Waals surface area contributed by atoms with Gasteiger partial charge in [0.15, 0.2) is 5.96 Å². The molecule has 0 unspecified atom stereocenters. The summed E-state index contributed by atoms with van der Waals surface area (Å²) >= 11 is 0. The van der Waals surface area contributed by atoms with Crippen molar-refractivity contribution in [2.45, 2.75) is 52.5 Å². The first-order valence-electron chi connectivity index (χ1n) is 9.73. The fourth-order valence-corrected chi connectivity index (χ4v) is 3.81. The first-order chi connectivity index (χ1) is 12.5. The lowest BCUT2D eigenvalue weighted by Gasteiger charge is -2.34. The van der Waals surface area contributed by atoms with Crippen LogP contribution in [0.25, 0.3) is 0 Å². The van der Waals surface area contributed by atoms with Crippen LogP contribution < -0.4 is 10.6 Å². The fourth-order valence-electron chi connectivity index (χ4n) is 3.81. The smallest absolute Gasteiger partial charge is 0.220 e. The third-order valence-corrected chi connectivity index (χ3v) is 5.33. The number of carbonyl (C=O) groups excluding carboxylic acids is 1. The van der Waals surface area contributed by atoms with E-state index < -0.39 is 0 Å². The molecule has 7 nitrogen and oxygen atoms in total. The van der Waals surface area contributed by atoms with Crippen LogP contribution in [0, 0.1) is 5.92 Å². The van der Waals surface area contributed by atoms with E-state index in [1.807, 2.05) is 18.8 Å². The van der Waals surface area contributed by atoms with E-state index in [0.717, 1.165) is 57.0 Å². The summed E-state index contributed by atoms with van der Waals surface area (Å²) in [6.45, 7) is 6.96. The molecule has 1 aromatic heterocycles. The van der Waals surface area contributed by atoms with Crippen LogP contribution in [0.5, 0.6) is 0 Å². The minimum absolute atomic E-state index is 0. The van der Waals surface area contributed by atoms with Gasteiger partial charge in [-0.05, 0) is 31.6 Å². The van der Waals surface area contributed by atoms with Crippen LogP contribution in [0.2, 0.25) is 0 Å². The Kier molecular flexibility index (Phi) is 10.1. The van der Waals surface area contributed by atoms with Gasteiger partial charge in [0.1, 0.15) is 0 Å². The highest BCUT2D eigenvalue weighted by Crippen LogP contribution is 2.21. The number of rotatable bonds is 6. The number of nitrogens with zero attached hydrogens (tertiary/aromatic N) is 4. The molecule has 1 aromatic rings. The van der Waals surface area contributed by atoms with Crippen molar-refractivity contribution >= 4 is 35.8 Å². The standard InChI is InChI=1S/C19H34N6O.HI/c1-6-16-15(17(7-2)24(5)23-16)13-22-19(21-4)25-10-8-14(9-11-25)12-18(26)20-3;/h14H,6-13H2,1-5H3,(H,20,26)(H,21,22);1H. The Hall–Kier alpha value is -1.32. The number of aryl methyl sites for hydroxylation is 2. The topological polar surface area (TPSA) is 74.5 Å². The first kappa shape index (κ1) is 23.7. The number of piperidine rings is 1. The second-order valence-corrected chi connectivity index (χ2v) is 6.91. The van der Waals surface area contributed by atoms with E-state index in [2.05, 4.69) is 39.5 Å². The normalized spacial score (nSPS) is 15.4. The summed E-state index contributed by atoms with van der Waals surface area (Å²) in [6.07, 6.45) is 4.60. The molecule has 0 spiro atoms. The summed E-state index contributed by atoms with van der Waals surface area (Å²) in [5.74, 6) is 1.55. The molecule has 154 valence electrons. The number of amides is 1. The summed E-state index contributed by atoms with van der Waals surface area (Å²) in [4.78, 5) is 18.3. The summed E-state index contributed by atoms with van der Waals surface area (Å²) in [5.41, 5.74) is 3.75. The van der Waals surface area contributed by atoms with Crippen LogP contribution >= 0.6 is 24.0 Å². The maximum Gasteiger partial charge on any atom is 0.220 e. The summed E-state index contributed by atoms with van der Waals surface area (Å²) < 4.78 is 2.00. The molecule has 2 heterocycles. The van der Waals surface area contributed by atoms with E-state index in [1.165, 1.54) is 11.3 Å². The molecule has 8 heteroatoms. The zero-order chi connectivity index (χ0) is 19.1. The van der Waals surface area contributed by atoms with Crippen molar-refractivity contribution in [3.8, 4) is 0 Å². The first-order valence-corrected chi connectivity index (χ1v) is 9.73. The predicted octanol–water partition coefficient (Wildman–Crippen LogP) is 2.09. The van der Waals surface area contributed by atoms with Gasteiger partial charge in [0.25, 0.3) is 0 Å².